The van der Waals surface area contributed by atoms with Crippen LogP contribution >= 0.6 is 17.0 Å². The third kappa shape index (κ3) is 2.27. The van der Waals surface area contributed by atoms with Crippen LogP contribution in [0.15, 0.2) is 18.3 Å². The Bertz CT molecular complexity index is 267. The van der Waals surface area contributed by atoms with Gasteiger partial charge in [-0.3, -0.25) is 4.79 Å². The molecule has 3 nitrogen and oxygen atoms in total. The third-order valence-corrected chi connectivity index (χ3v) is 0.992. The molecule has 0 bridgehead atoms. The number of primary amides is 1. The van der Waals surface area contributed by atoms with E-state index < -0.39 is 11.7 Å². The molecule has 0 radical (unpaired) electrons. The van der Waals surface area contributed by atoms with Gasteiger partial charge < -0.3 is 5.73 Å². The number of halogens is 2. The highest BCUT2D eigenvalue weighted by molar-refractivity contribution is 8.93. The lowest BCUT2D eigenvalue weighted by Gasteiger charge is -1.92. The van der Waals surface area contributed by atoms with Crippen molar-refractivity contribution in [3.63, 3.8) is 0 Å². The molecule has 0 saturated heterocycles. The minimum absolute atomic E-state index is 0. The van der Waals surface area contributed by atoms with Crippen LogP contribution in [0.3, 0.4) is 0 Å². The van der Waals surface area contributed by atoms with E-state index in [1.807, 2.05) is 0 Å². The smallest absolute Gasteiger partial charge is 0.270 e. The molecule has 0 aromatic carbocycles. The summed E-state index contributed by atoms with van der Waals surface area (Å²) in [6.45, 7) is 0. The highest BCUT2D eigenvalue weighted by Crippen LogP contribution is 1.99. The molecular formula is C6H6BrFN2O. The fourth-order valence-corrected chi connectivity index (χ4v) is 0.567. The summed E-state index contributed by atoms with van der Waals surface area (Å²) in [5.74, 6) is -1.53. The Kier molecular flexibility index (Phi) is 3.67. The predicted molar refractivity (Wildman–Crippen MR) is 43.0 cm³/mol. The predicted octanol–water partition coefficient (Wildman–Crippen LogP) is 0.898. The number of nitrogens with two attached hydrogens (primary N) is 1. The van der Waals surface area contributed by atoms with Gasteiger partial charge >= 0.3 is 0 Å². The van der Waals surface area contributed by atoms with E-state index >= 15 is 0 Å². The van der Waals surface area contributed by atoms with Gasteiger partial charge in [0.25, 0.3) is 5.91 Å². The Labute approximate surface area is 73.2 Å². The van der Waals surface area contributed by atoms with Crippen molar-refractivity contribution in [1.82, 2.24) is 4.98 Å². The van der Waals surface area contributed by atoms with Gasteiger partial charge in [0.15, 0.2) is 11.5 Å². The van der Waals surface area contributed by atoms with E-state index in [0.29, 0.717) is 0 Å². The number of rotatable bonds is 1. The van der Waals surface area contributed by atoms with Gasteiger partial charge in [0.2, 0.25) is 0 Å². The van der Waals surface area contributed by atoms with E-state index in [2.05, 4.69) is 4.98 Å². The van der Waals surface area contributed by atoms with Crippen LogP contribution in [0.1, 0.15) is 10.5 Å². The van der Waals surface area contributed by atoms with Gasteiger partial charge in [-0.2, -0.15) is 0 Å². The van der Waals surface area contributed by atoms with Crippen LogP contribution < -0.4 is 5.73 Å². The number of hydrogen-bond donors (Lipinski definition) is 1. The van der Waals surface area contributed by atoms with Crippen LogP contribution in [-0.4, -0.2) is 10.9 Å². The van der Waals surface area contributed by atoms with Gasteiger partial charge in [0, 0.05) is 6.20 Å². The van der Waals surface area contributed by atoms with Crippen LogP contribution in [0.5, 0.6) is 0 Å². The van der Waals surface area contributed by atoms with Crippen molar-refractivity contribution in [2.45, 2.75) is 0 Å². The molecule has 0 saturated carbocycles. The number of nitrogens with zero attached hydrogens (tertiary/aromatic N) is 1. The second-order valence-electron chi connectivity index (χ2n) is 1.70. The van der Waals surface area contributed by atoms with Crippen molar-refractivity contribution in [3.8, 4) is 0 Å². The summed E-state index contributed by atoms with van der Waals surface area (Å²) in [7, 11) is 0. The highest BCUT2D eigenvalue weighted by Gasteiger charge is 2.06. The molecule has 2 N–H and O–H groups in total. The van der Waals surface area contributed by atoms with Crippen LogP contribution in [-0.2, 0) is 0 Å². The van der Waals surface area contributed by atoms with Crippen molar-refractivity contribution in [3.05, 3.63) is 29.8 Å². The average molecular weight is 221 g/mol. The van der Waals surface area contributed by atoms with E-state index in [4.69, 9.17) is 5.73 Å². The quantitative estimate of drug-likeness (QED) is 0.765. The van der Waals surface area contributed by atoms with Crippen LogP contribution in [0.4, 0.5) is 4.39 Å². The lowest BCUT2D eigenvalue weighted by atomic mass is 10.3. The fourth-order valence-electron chi connectivity index (χ4n) is 0.567. The Balaban J connectivity index is 0.000001000. The first-order valence-electron chi connectivity index (χ1n) is 2.62. The maximum Gasteiger partial charge on any atom is 0.270 e. The number of carbonyl (C=O) groups excluding carboxylic acids is 1. The van der Waals surface area contributed by atoms with Crippen molar-refractivity contribution in [1.29, 1.82) is 0 Å². The first-order chi connectivity index (χ1) is 4.72. The van der Waals surface area contributed by atoms with Crippen molar-refractivity contribution >= 4 is 22.9 Å². The molecule has 1 aromatic heterocycles. The van der Waals surface area contributed by atoms with E-state index in [1.54, 1.807) is 0 Å². The average Bonchev–Trinajstić information content (AvgIpc) is 1.88. The first kappa shape index (κ1) is 10.0. The topological polar surface area (TPSA) is 56.0 Å². The number of amides is 1. The van der Waals surface area contributed by atoms with Gasteiger partial charge in [-0.15, -0.1) is 17.0 Å². The Hall–Kier alpha value is -0.970. The van der Waals surface area contributed by atoms with Crippen molar-refractivity contribution in [2.24, 2.45) is 5.73 Å². The summed E-state index contributed by atoms with van der Waals surface area (Å²) in [6.07, 6.45) is 1.31. The van der Waals surface area contributed by atoms with Gasteiger partial charge in [-0.05, 0) is 12.1 Å². The summed E-state index contributed by atoms with van der Waals surface area (Å²) in [5.41, 5.74) is 4.46. The van der Waals surface area contributed by atoms with Gasteiger partial charge in [-0.25, -0.2) is 9.37 Å². The first-order valence-corrected chi connectivity index (χ1v) is 2.62. The number of aromatic nitrogens is 1. The molecular weight excluding hydrogens is 215 g/mol. The van der Waals surface area contributed by atoms with Crippen molar-refractivity contribution in [2.75, 3.05) is 0 Å². The monoisotopic (exact) mass is 220 g/mol. The molecule has 11 heavy (non-hydrogen) atoms. The molecule has 1 amide bonds. The molecule has 0 atom stereocenters. The SMILES string of the molecule is Br.NC(=O)c1ncccc1F. The summed E-state index contributed by atoms with van der Waals surface area (Å²) >= 11 is 0. The summed E-state index contributed by atoms with van der Waals surface area (Å²) in [6, 6.07) is 2.52. The van der Waals surface area contributed by atoms with Gasteiger partial charge in [0.1, 0.15) is 0 Å². The molecule has 0 unspecified atom stereocenters. The molecule has 0 aliphatic rings. The molecule has 0 aliphatic heterocycles. The number of hydrogen-bond acceptors (Lipinski definition) is 2. The number of pyridine rings is 1. The molecule has 1 rings (SSSR count). The fraction of sp³-hybridized carbons (Fsp3) is 0. The number of carbonyl (C=O) groups is 1. The Morgan fingerprint density at radius 3 is 2.64 bits per heavy atom. The minimum atomic E-state index is -0.849. The zero-order valence-electron chi connectivity index (χ0n) is 5.45. The summed E-state index contributed by atoms with van der Waals surface area (Å²) in [5, 5.41) is 0. The minimum Gasteiger partial charge on any atom is -0.364 e. The zero-order chi connectivity index (χ0) is 7.56. The lowest BCUT2D eigenvalue weighted by molar-refractivity contribution is 0.0991. The van der Waals surface area contributed by atoms with E-state index in [0.717, 1.165) is 6.07 Å². The largest absolute Gasteiger partial charge is 0.364 e. The normalized spacial score (nSPS) is 8.45. The molecule has 0 spiro atoms. The van der Waals surface area contributed by atoms with E-state index in [1.165, 1.54) is 12.3 Å². The molecule has 1 aromatic rings. The molecule has 60 valence electrons. The highest BCUT2D eigenvalue weighted by atomic mass is 79.9. The zero-order valence-corrected chi connectivity index (χ0v) is 7.16. The van der Waals surface area contributed by atoms with Crippen molar-refractivity contribution < 1.29 is 9.18 Å². The summed E-state index contributed by atoms with van der Waals surface area (Å²) < 4.78 is 12.5. The van der Waals surface area contributed by atoms with Gasteiger partial charge in [-0.1, -0.05) is 0 Å². The molecule has 0 fully saturated rings. The maximum atomic E-state index is 12.5. The lowest BCUT2D eigenvalue weighted by Crippen LogP contribution is -2.14. The second-order valence-corrected chi connectivity index (χ2v) is 1.70. The second kappa shape index (κ2) is 4.02. The van der Waals surface area contributed by atoms with Crippen LogP contribution in [0.2, 0.25) is 0 Å². The van der Waals surface area contributed by atoms with Gasteiger partial charge in [0.05, 0.1) is 0 Å². The van der Waals surface area contributed by atoms with Crippen LogP contribution in [0.25, 0.3) is 0 Å². The maximum absolute atomic E-state index is 12.5. The third-order valence-electron chi connectivity index (χ3n) is 0.992. The van der Waals surface area contributed by atoms with E-state index in [9.17, 15) is 9.18 Å². The standard InChI is InChI=1S/C6H5FN2O.BrH/c7-4-2-1-3-9-5(4)6(8)10;/h1-3H,(H2,8,10);1H. The molecule has 0 aliphatic carbocycles. The Morgan fingerprint density at radius 2 is 2.27 bits per heavy atom. The Morgan fingerprint density at radius 1 is 1.64 bits per heavy atom. The molecule has 1 heterocycles. The van der Waals surface area contributed by atoms with E-state index in [-0.39, 0.29) is 22.7 Å². The summed E-state index contributed by atoms with van der Waals surface area (Å²) in [4.78, 5) is 13.8. The molecule has 5 heteroatoms. The van der Waals surface area contributed by atoms with Crippen LogP contribution in [0, 0.1) is 5.82 Å².